The Morgan fingerprint density at radius 2 is 2.10 bits per heavy atom. The number of aromatic nitrogens is 3. The van der Waals surface area contributed by atoms with Gasteiger partial charge in [-0.25, -0.2) is 19.7 Å². The number of carboxylic acids is 1. The van der Waals surface area contributed by atoms with Crippen molar-refractivity contribution in [3.05, 3.63) is 46.2 Å². The minimum atomic E-state index is -1.14. The quantitative estimate of drug-likeness (QED) is 0.770. The van der Waals surface area contributed by atoms with E-state index in [9.17, 15) is 4.79 Å². The van der Waals surface area contributed by atoms with Crippen molar-refractivity contribution in [1.82, 2.24) is 15.0 Å². The van der Waals surface area contributed by atoms with Crippen molar-refractivity contribution in [3.8, 4) is 0 Å². The van der Waals surface area contributed by atoms with Crippen LogP contribution in [0, 0.1) is 6.92 Å². The Morgan fingerprint density at radius 3 is 2.81 bits per heavy atom. The van der Waals surface area contributed by atoms with Gasteiger partial charge in [0.25, 0.3) is 0 Å². The molecule has 0 atom stereocenters. The number of para-hydroxylation sites is 1. The number of thiazole rings is 1. The van der Waals surface area contributed by atoms with E-state index in [0.29, 0.717) is 17.9 Å². The molecule has 1 aromatic carbocycles. The van der Waals surface area contributed by atoms with E-state index in [1.54, 1.807) is 17.4 Å². The molecule has 0 aliphatic rings. The highest BCUT2D eigenvalue weighted by Crippen LogP contribution is 2.21. The van der Waals surface area contributed by atoms with Crippen molar-refractivity contribution in [3.63, 3.8) is 0 Å². The number of carbonyl (C=O) groups is 1. The first kappa shape index (κ1) is 13.4. The van der Waals surface area contributed by atoms with Crippen LogP contribution in [0.15, 0.2) is 29.6 Å². The van der Waals surface area contributed by atoms with E-state index < -0.39 is 5.97 Å². The van der Waals surface area contributed by atoms with Gasteiger partial charge in [0.1, 0.15) is 10.8 Å². The third kappa shape index (κ3) is 2.82. The molecule has 0 amide bonds. The molecular weight excluding hydrogens is 288 g/mol. The standard InChI is InChI=1S/C14H12N4O2S/c1-8-7-21-11(16-8)6-15-12-9-4-2-3-5-10(9)17-13(18-12)14(19)20/h2-5,7H,6H2,1H3,(H,19,20)(H,15,17,18). The van der Waals surface area contributed by atoms with Gasteiger partial charge in [0, 0.05) is 16.5 Å². The number of aryl methyl sites for hydroxylation is 1. The first-order valence-corrected chi connectivity index (χ1v) is 7.16. The van der Waals surface area contributed by atoms with Crippen molar-refractivity contribution >= 4 is 34.0 Å². The SMILES string of the molecule is Cc1csc(CNc2nc(C(=O)O)nc3ccccc23)n1. The Labute approximate surface area is 124 Å². The van der Waals surface area contributed by atoms with E-state index >= 15 is 0 Å². The number of hydrogen-bond donors (Lipinski definition) is 2. The number of carboxylic acid groups (broad SMARTS) is 1. The number of fused-ring (bicyclic) bond motifs is 1. The number of anilines is 1. The summed E-state index contributed by atoms with van der Waals surface area (Å²) in [5.41, 5.74) is 1.57. The topological polar surface area (TPSA) is 88.0 Å². The highest BCUT2D eigenvalue weighted by atomic mass is 32.1. The van der Waals surface area contributed by atoms with Gasteiger partial charge in [-0.15, -0.1) is 11.3 Å². The van der Waals surface area contributed by atoms with Crippen molar-refractivity contribution in [2.45, 2.75) is 13.5 Å². The van der Waals surface area contributed by atoms with Gasteiger partial charge in [0.2, 0.25) is 5.82 Å². The van der Waals surface area contributed by atoms with Crippen LogP contribution in [0.3, 0.4) is 0 Å². The molecule has 2 heterocycles. The number of benzene rings is 1. The molecule has 0 unspecified atom stereocenters. The Kier molecular flexibility index (Phi) is 3.49. The third-order valence-electron chi connectivity index (χ3n) is 2.87. The zero-order valence-electron chi connectivity index (χ0n) is 11.2. The molecule has 0 radical (unpaired) electrons. The maximum atomic E-state index is 11.1. The van der Waals surface area contributed by atoms with Gasteiger partial charge >= 0.3 is 5.97 Å². The van der Waals surface area contributed by atoms with Crippen LogP contribution in [-0.2, 0) is 6.54 Å². The van der Waals surface area contributed by atoms with Crippen LogP contribution in [0.1, 0.15) is 21.3 Å². The zero-order valence-corrected chi connectivity index (χ0v) is 12.0. The summed E-state index contributed by atoms with van der Waals surface area (Å²) in [6, 6.07) is 7.30. The highest BCUT2D eigenvalue weighted by molar-refractivity contribution is 7.09. The summed E-state index contributed by atoms with van der Waals surface area (Å²) in [7, 11) is 0. The molecule has 0 saturated heterocycles. The largest absolute Gasteiger partial charge is 0.475 e. The predicted octanol–water partition coefficient (Wildman–Crippen LogP) is 2.71. The second-order valence-corrected chi connectivity index (χ2v) is 5.40. The second kappa shape index (κ2) is 5.45. The molecule has 0 aliphatic heterocycles. The zero-order chi connectivity index (χ0) is 14.8. The maximum Gasteiger partial charge on any atom is 0.374 e. The molecule has 106 valence electrons. The van der Waals surface area contributed by atoms with Gasteiger partial charge in [0.05, 0.1) is 12.1 Å². The van der Waals surface area contributed by atoms with Gasteiger partial charge < -0.3 is 10.4 Å². The number of hydrogen-bond acceptors (Lipinski definition) is 6. The average molecular weight is 300 g/mol. The van der Waals surface area contributed by atoms with Crippen LogP contribution < -0.4 is 5.32 Å². The molecule has 3 aromatic rings. The predicted molar refractivity (Wildman–Crippen MR) is 80.7 cm³/mol. The summed E-state index contributed by atoms with van der Waals surface area (Å²) >= 11 is 1.55. The summed E-state index contributed by atoms with van der Waals surface area (Å²) in [6.07, 6.45) is 0. The van der Waals surface area contributed by atoms with Crippen LogP contribution in [0.4, 0.5) is 5.82 Å². The molecule has 0 fully saturated rings. The normalized spacial score (nSPS) is 10.7. The lowest BCUT2D eigenvalue weighted by Crippen LogP contribution is -2.09. The smallest absolute Gasteiger partial charge is 0.374 e. The molecule has 6 nitrogen and oxygen atoms in total. The Morgan fingerprint density at radius 1 is 1.29 bits per heavy atom. The van der Waals surface area contributed by atoms with E-state index in [2.05, 4.69) is 20.3 Å². The van der Waals surface area contributed by atoms with Gasteiger partial charge in [0.15, 0.2) is 0 Å². The van der Waals surface area contributed by atoms with Gasteiger partial charge in [-0.1, -0.05) is 12.1 Å². The van der Waals surface area contributed by atoms with E-state index in [1.807, 2.05) is 30.5 Å². The van der Waals surface area contributed by atoms with Crippen LogP contribution in [0.2, 0.25) is 0 Å². The lowest BCUT2D eigenvalue weighted by molar-refractivity contribution is 0.0684. The Hall–Kier alpha value is -2.54. The summed E-state index contributed by atoms with van der Waals surface area (Å²) in [6.45, 7) is 2.43. The molecule has 0 spiro atoms. The molecule has 21 heavy (non-hydrogen) atoms. The average Bonchev–Trinajstić information content (AvgIpc) is 2.90. The minimum Gasteiger partial charge on any atom is -0.475 e. The molecule has 7 heteroatoms. The molecule has 0 aliphatic carbocycles. The lowest BCUT2D eigenvalue weighted by atomic mass is 10.2. The Balaban J connectivity index is 1.97. The van der Waals surface area contributed by atoms with Crippen LogP contribution in [0.5, 0.6) is 0 Å². The van der Waals surface area contributed by atoms with Crippen LogP contribution in [0.25, 0.3) is 10.9 Å². The lowest BCUT2D eigenvalue weighted by Gasteiger charge is -2.08. The number of nitrogens with one attached hydrogen (secondary N) is 1. The molecular formula is C14H12N4O2S. The first-order chi connectivity index (χ1) is 10.1. The van der Waals surface area contributed by atoms with Crippen molar-refractivity contribution in [2.75, 3.05) is 5.32 Å². The molecule has 0 bridgehead atoms. The first-order valence-electron chi connectivity index (χ1n) is 6.28. The summed E-state index contributed by atoms with van der Waals surface area (Å²) in [5, 5.41) is 15.9. The molecule has 2 N–H and O–H groups in total. The van der Waals surface area contributed by atoms with Crippen LogP contribution >= 0.6 is 11.3 Å². The van der Waals surface area contributed by atoms with Gasteiger partial charge in [-0.2, -0.15) is 0 Å². The fourth-order valence-corrected chi connectivity index (χ4v) is 2.66. The van der Waals surface area contributed by atoms with E-state index in [0.717, 1.165) is 16.1 Å². The summed E-state index contributed by atoms with van der Waals surface area (Å²) in [4.78, 5) is 23.6. The Bertz CT molecular complexity index is 816. The van der Waals surface area contributed by atoms with E-state index in [4.69, 9.17) is 5.11 Å². The van der Waals surface area contributed by atoms with Gasteiger partial charge in [-0.3, -0.25) is 0 Å². The highest BCUT2D eigenvalue weighted by Gasteiger charge is 2.12. The molecule has 0 saturated carbocycles. The summed E-state index contributed by atoms with van der Waals surface area (Å²) < 4.78 is 0. The van der Waals surface area contributed by atoms with Gasteiger partial charge in [-0.05, 0) is 19.1 Å². The maximum absolute atomic E-state index is 11.1. The molecule has 3 rings (SSSR count). The van der Waals surface area contributed by atoms with Crippen molar-refractivity contribution < 1.29 is 9.90 Å². The summed E-state index contributed by atoms with van der Waals surface area (Å²) in [5.74, 6) is -0.855. The van der Waals surface area contributed by atoms with Crippen molar-refractivity contribution in [1.29, 1.82) is 0 Å². The second-order valence-electron chi connectivity index (χ2n) is 4.45. The van der Waals surface area contributed by atoms with E-state index in [-0.39, 0.29) is 5.82 Å². The van der Waals surface area contributed by atoms with Crippen LogP contribution in [-0.4, -0.2) is 26.0 Å². The number of nitrogens with zero attached hydrogens (tertiary/aromatic N) is 3. The fourth-order valence-electron chi connectivity index (χ4n) is 1.95. The monoisotopic (exact) mass is 300 g/mol. The van der Waals surface area contributed by atoms with E-state index in [1.165, 1.54) is 0 Å². The minimum absolute atomic E-state index is 0.216. The number of aromatic carboxylic acids is 1. The fraction of sp³-hybridized carbons (Fsp3) is 0.143. The number of rotatable bonds is 4. The third-order valence-corrected chi connectivity index (χ3v) is 3.83. The molecule has 2 aromatic heterocycles. The van der Waals surface area contributed by atoms with Crippen molar-refractivity contribution in [2.24, 2.45) is 0 Å².